The Labute approximate surface area is 103 Å². The van der Waals surface area contributed by atoms with Gasteiger partial charge in [-0.25, -0.2) is 4.98 Å². The standard InChI is InChI=1S/C11H15F3N2S/c1-3-17-7-8(2)16-10-9(11(12,13)14)5-4-6-15-10/h4-6,8H,3,7H2,1-2H3,(H,15,16). The van der Waals surface area contributed by atoms with Gasteiger partial charge in [0.1, 0.15) is 5.82 Å². The first-order chi connectivity index (χ1) is 7.95. The summed E-state index contributed by atoms with van der Waals surface area (Å²) in [4.78, 5) is 3.75. The fraction of sp³-hybridized carbons (Fsp3) is 0.545. The van der Waals surface area contributed by atoms with E-state index < -0.39 is 11.7 Å². The Hall–Kier alpha value is -0.910. The minimum Gasteiger partial charge on any atom is -0.366 e. The van der Waals surface area contributed by atoms with E-state index in [4.69, 9.17) is 0 Å². The summed E-state index contributed by atoms with van der Waals surface area (Å²) in [7, 11) is 0. The lowest BCUT2D eigenvalue weighted by molar-refractivity contribution is -0.137. The molecule has 1 atom stereocenters. The van der Waals surface area contributed by atoms with Crippen molar-refractivity contribution < 1.29 is 13.2 Å². The van der Waals surface area contributed by atoms with Gasteiger partial charge in [-0.2, -0.15) is 24.9 Å². The second-order valence-corrected chi connectivity index (χ2v) is 4.92. The highest BCUT2D eigenvalue weighted by Crippen LogP contribution is 2.33. The number of anilines is 1. The first-order valence-corrected chi connectivity index (χ1v) is 6.47. The number of hydrogen-bond donors (Lipinski definition) is 1. The smallest absolute Gasteiger partial charge is 0.366 e. The van der Waals surface area contributed by atoms with Gasteiger partial charge >= 0.3 is 6.18 Å². The number of hydrogen-bond acceptors (Lipinski definition) is 3. The van der Waals surface area contributed by atoms with Crippen molar-refractivity contribution in [2.24, 2.45) is 0 Å². The van der Waals surface area contributed by atoms with Gasteiger partial charge in [-0.05, 0) is 24.8 Å². The predicted molar refractivity (Wildman–Crippen MR) is 65.3 cm³/mol. The van der Waals surface area contributed by atoms with E-state index in [1.54, 1.807) is 11.8 Å². The maximum absolute atomic E-state index is 12.7. The molecule has 0 aliphatic rings. The molecule has 6 heteroatoms. The van der Waals surface area contributed by atoms with Gasteiger partial charge in [0.05, 0.1) is 5.56 Å². The van der Waals surface area contributed by atoms with Gasteiger partial charge in [-0.3, -0.25) is 0 Å². The molecule has 1 rings (SSSR count). The van der Waals surface area contributed by atoms with Gasteiger partial charge in [-0.1, -0.05) is 6.92 Å². The molecule has 0 aliphatic carbocycles. The molecular weight excluding hydrogens is 249 g/mol. The normalized spacial score (nSPS) is 13.5. The topological polar surface area (TPSA) is 24.9 Å². The maximum atomic E-state index is 12.7. The molecule has 17 heavy (non-hydrogen) atoms. The zero-order valence-electron chi connectivity index (χ0n) is 9.71. The third kappa shape index (κ3) is 4.46. The Morgan fingerprint density at radius 1 is 1.47 bits per heavy atom. The number of thioether (sulfide) groups is 1. The third-order valence-electron chi connectivity index (χ3n) is 2.07. The Kier molecular flexibility index (Phi) is 5.11. The lowest BCUT2D eigenvalue weighted by Gasteiger charge is -2.17. The quantitative estimate of drug-likeness (QED) is 0.878. The lowest BCUT2D eigenvalue weighted by Crippen LogP contribution is -2.21. The maximum Gasteiger partial charge on any atom is 0.419 e. The number of alkyl halides is 3. The Balaban J connectivity index is 2.77. The average molecular weight is 264 g/mol. The van der Waals surface area contributed by atoms with Crippen LogP contribution in [0.25, 0.3) is 0 Å². The third-order valence-corrected chi connectivity index (χ3v) is 3.21. The van der Waals surface area contributed by atoms with Crippen molar-refractivity contribution in [1.82, 2.24) is 4.98 Å². The molecule has 0 bridgehead atoms. The van der Waals surface area contributed by atoms with Gasteiger partial charge in [0.25, 0.3) is 0 Å². The summed E-state index contributed by atoms with van der Waals surface area (Å²) >= 11 is 1.68. The first-order valence-electron chi connectivity index (χ1n) is 5.31. The molecule has 0 spiro atoms. The zero-order valence-corrected chi connectivity index (χ0v) is 10.5. The molecule has 0 aliphatic heterocycles. The number of nitrogens with one attached hydrogen (secondary N) is 1. The molecule has 0 saturated heterocycles. The minimum atomic E-state index is -4.37. The van der Waals surface area contributed by atoms with Crippen LogP contribution in [0.3, 0.4) is 0 Å². The Bertz CT molecular complexity index is 355. The molecule has 0 aromatic carbocycles. The van der Waals surface area contributed by atoms with Crippen molar-refractivity contribution in [2.45, 2.75) is 26.1 Å². The van der Waals surface area contributed by atoms with Gasteiger partial charge in [-0.15, -0.1) is 0 Å². The molecule has 1 aromatic rings. The summed E-state index contributed by atoms with van der Waals surface area (Å²) in [6.45, 7) is 3.86. The highest BCUT2D eigenvalue weighted by atomic mass is 32.2. The van der Waals surface area contributed by atoms with Crippen LogP contribution in [0.4, 0.5) is 19.0 Å². The summed E-state index contributed by atoms with van der Waals surface area (Å²) in [5.41, 5.74) is -0.714. The second-order valence-electron chi connectivity index (χ2n) is 3.60. The summed E-state index contributed by atoms with van der Waals surface area (Å²) in [5, 5.41) is 2.80. The van der Waals surface area contributed by atoms with Gasteiger partial charge < -0.3 is 5.32 Å². The number of halogens is 3. The molecular formula is C11H15F3N2S. The van der Waals surface area contributed by atoms with E-state index in [1.807, 2.05) is 13.8 Å². The predicted octanol–water partition coefficient (Wildman–Crippen LogP) is 3.65. The molecule has 1 aromatic heterocycles. The highest BCUT2D eigenvalue weighted by Gasteiger charge is 2.34. The molecule has 0 amide bonds. The van der Waals surface area contributed by atoms with Crippen molar-refractivity contribution in [2.75, 3.05) is 16.8 Å². The fourth-order valence-electron chi connectivity index (χ4n) is 1.32. The molecule has 2 nitrogen and oxygen atoms in total. The van der Waals surface area contributed by atoms with Crippen LogP contribution in [-0.4, -0.2) is 22.5 Å². The largest absolute Gasteiger partial charge is 0.419 e. The van der Waals surface area contributed by atoms with E-state index in [1.165, 1.54) is 12.3 Å². The summed E-state index contributed by atoms with van der Waals surface area (Å²) in [6, 6.07) is 2.28. The average Bonchev–Trinajstić information content (AvgIpc) is 2.25. The van der Waals surface area contributed by atoms with Gasteiger partial charge in [0, 0.05) is 18.0 Å². The van der Waals surface area contributed by atoms with Crippen LogP contribution in [0.5, 0.6) is 0 Å². The van der Waals surface area contributed by atoms with E-state index in [9.17, 15) is 13.2 Å². The molecule has 0 radical (unpaired) electrons. The molecule has 96 valence electrons. The highest BCUT2D eigenvalue weighted by molar-refractivity contribution is 7.99. The van der Waals surface area contributed by atoms with Crippen LogP contribution in [0.2, 0.25) is 0 Å². The van der Waals surface area contributed by atoms with Crippen molar-refractivity contribution in [3.05, 3.63) is 23.9 Å². The molecule has 1 unspecified atom stereocenters. The number of pyridine rings is 1. The Morgan fingerprint density at radius 3 is 2.76 bits per heavy atom. The van der Waals surface area contributed by atoms with Crippen LogP contribution in [0.1, 0.15) is 19.4 Å². The first kappa shape index (κ1) is 14.2. The number of rotatable bonds is 5. The second kappa shape index (κ2) is 6.14. The van der Waals surface area contributed by atoms with Gasteiger partial charge in [0.2, 0.25) is 0 Å². The number of aromatic nitrogens is 1. The van der Waals surface area contributed by atoms with Crippen molar-refractivity contribution in [3.8, 4) is 0 Å². The molecule has 1 N–H and O–H groups in total. The molecule has 0 saturated carbocycles. The van der Waals surface area contributed by atoms with E-state index in [0.717, 1.165) is 17.6 Å². The summed E-state index contributed by atoms with van der Waals surface area (Å²) in [6.07, 6.45) is -3.01. The Morgan fingerprint density at radius 2 is 2.18 bits per heavy atom. The van der Waals surface area contributed by atoms with Gasteiger partial charge in [0.15, 0.2) is 0 Å². The van der Waals surface area contributed by atoms with Crippen LogP contribution < -0.4 is 5.32 Å². The SMILES string of the molecule is CCSCC(C)Nc1ncccc1C(F)(F)F. The van der Waals surface area contributed by atoms with E-state index >= 15 is 0 Å². The van der Waals surface area contributed by atoms with E-state index in [-0.39, 0.29) is 11.9 Å². The van der Waals surface area contributed by atoms with Crippen molar-refractivity contribution in [3.63, 3.8) is 0 Å². The van der Waals surface area contributed by atoms with E-state index in [2.05, 4.69) is 10.3 Å². The number of nitrogens with zero attached hydrogens (tertiary/aromatic N) is 1. The fourth-order valence-corrected chi connectivity index (χ4v) is 1.99. The molecule has 0 fully saturated rings. The van der Waals surface area contributed by atoms with Crippen LogP contribution >= 0.6 is 11.8 Å². The summed E-state index contributed by atoms with van der Waals surface area (Å²) in [5.74, 6) is 1.61. The van der Waals surface area contributed by atoms with Crippen LogP contribution in [0, 0.1) is 0 Å². The van der Waals surface area contributed by atoms with Crippen LogP contribution in [-0.2, 0) is 6.18 Å². The monoisotopic (exact) mass is 264 g/mol. The summed E-state index contributed by atoms with van der Waals surface area (Å²) < 4.78 is 38.0. The van der Waals surface area contributed by atoms with E-state index in [0.29, 0.717) is 0 Å². The lowest BCUT2D eigenvalue weighted by atomic mass is 10.2. The molecule has 1 heterocycles. The van der Waals surface area contributed by atoms with Crippen LogP contribution in [0.15, 0.2) is 18.3 Å². The van der Waals surface area contributed by atoms with Crippen molar-refractivity contribution >= 4 is 17.6 Å². The zero-order chi connectivity index (χ0) is 12.9. The minimum absolute atomic E-state index is 0.0454. The van der Waals surface area contributed by atoms with Crippen molar-refractivity contribution in [1.29, 1.82) is 0 Å².